The van der Waals surface area contributed by atoms with Crippen molar-refractivity contribution in [2.75, 3.05) is 18.5 Å². The van der Waals surface area contributed by atoms with Gasteiger partial charge in [0.25, 0.3) is 5.69 Å². The fourth-order valence-corrected chi connectivity index (χ4v) is 2.14. The van der Waals surface area contributed by atoms with Crippen LogP contribution in [-0.2, 0) is 6.18 Å². The summed E-state index contributed by atoms with van der Waals surface area (Å²) >= 11 is 0. The molecule has 0 aromatic heterocycles. The van der Waals surface area contributed by atoms with Crippen LogP contribution in [0.15, 0.2) is 18.2 Å². The zero-order valence-corrected chi connectivity index (χ0v) is 11.8. The molecular formula is C13H14F3N3O4. The first kappa shape index (κ1) is 17.0. The number of nitro benzene ring substituents is 1. The number of benzene rings is 1. The van der Waals surface area contributed by atoms with Crippen LogP contribution in [0.1, 0.15) is 18.4 Å². The number of aliphatic hydroxyl groups is 1. The van der Waals surface area contributed by atoms with Gasteiger partial charge < -0.3 is 15.3 Å². The molecule has 0 atom stereocenters. The molecule has 1 aliphatic carbocycles. The Bertz CT molecular complexity index is 617. The van der Waals surface area contributed by atoms with Crippen LogP contribution in [0.4, 0.5) is 29.3 Å². The second-order valence-electron chi connectivity index (χ2n) is 5.07. The van der Waals surface area contributed by atoms with Gasteiger partial charge in [-0.3, -0.25) is 10.1 Å². The van der Waals surface area contributed by atoms with Gasteiger partial charge in [-0.15, -0.1) is 0 Å². The smallest absolute Gasteiger partial charge is 0.395 e. The normalized spacial score (nSPS) is 14.4. The number of nitrogens with zero attached hydrogens (tertiary/aromatic N) is 2. The van der Waals surface area contributed by atoms with Crippen molar-refractivity contribution in [1.29, 1.82) is 0 Å². The van der Waals surface area contributed by atoms with Crippen LogP contribution in [0.3, 0.4) is 0 Å². The Morgan fingerprint density at radius 2 is 2.09 bits per heavy atom. The summed E-state index contributed by atoms with van der Waals surface area (Å²) < 4.78 is 38.6. The van der Waals surface area contributed by atoms with Gasteiger partial charge in [0, 0.05) is 24.3 Å². The molecule has 2 amide bonds. The molecule has 1 aliphatic rings. The lowest BCUT2D eigenvalue weighted by atomic mass is 10.1. The highest BCUT2D eigenvalue weighted by molar-refractivity contribution is 5.90. The van der Waals surface area contributed by atoms with Crippen LogP contribution in [0.2, 0.25) is 0 Å². The number of aliphatic hydroxyl groups excluding tert-OH is 1. The Labute approximate surface area is 128 Å². The number of carbonyl (C=O) groups is 1. The lowest BCUT2D eigenvalue weighted by Crippen LogP contribution is -2.38. The Morgan fingerprint density at radius 3 is 2.57 bits per heavy atom. The third-order valence-electron chi connectivity index (χ3n) is 3.34. The van der Waals surface area contributed by atoms with Gasteiger partial charge in [0.05, 0.1) is 11.5 Å². The van der Waals surface area contributed by atoms with Crippen LogP contribution in [0, 0.1) is 10.1 Å². The minimum Gasteiger partial charge on any atom is -0.395 e. The van der Waals surface area contributed by atoms with Crippen LogP contribution in [0.25, 0.3) is 0 Å². The zero-order valence-electron chi connectivity index (χ0n) is 11.8. The molecule has 0 heterocycles. The fourth-order valence-electron chi connectivity index (χ4n) is 2.14. The number of anilines is 1. The van der Waals surface area contributed by atoms with Crippen molar-refractivity contribution >= 4 is 17.4 Å². The first-order valence-electron chi connectivity index (χ1n) is 6.78. The highest BCUT2D eigenvalue weighted by Crippen LogP contribution is 2.37. The van der Waals surface area contributed by atoms with Gasteiger partial charge in [-0.2, -0.15) is 13.2 Å². The maximum Gasteiger partial charge on any atom is 0.423 e. The standard InChI is InChI=1S/C13H14F3N3O4/c14-13(15,16)10-7-8(1-4-11(10)19(22)23)17-12(21)18(5-6-20)9-2-3-9/h1,4,7,9,20H,2-3,5-6H2,(H,17,21). The van der Waals surface area contributed by atoms with Crippen LogP contribution in [0.5, 0.6) is 0 Å². The predicted octanol–water partition coefficient (Wildman–Crippen LogP) is 2.60. The Hall–Kier alpha value is -2.36. The summed E-state index contributed by atoms with van der Waals surface area (Å²) in [7, 11) is 0. The molecule has 1 aromatic carbocycles. The molecule has 10 heteroatoms. The molecule has 2 rings (SSSR count). The molecule has 0 radical (unpaired) electrons. The first-order chi connectivity index (χ1) is 10.7. The fraction of sp³-hybridized carbons (Fsp3) is 0.462. The molecule has 0 bridgehead atoms. The predicted molar refractivity (Wildman–Crippen MR) is 73.9 cm³/mol. The van der Waals surface area contributed by atoms with Crippen LogP contribution < -0.4 is 5.32 Å². The second-order valence-corrected chi connectivity index (χ2v) is 5.07. The van der Waals surface area contributed by atoms with E-state index in [1.807, 2.05) is 0 Å². The maximum absolute atomic E-state index is 12.9. The summed E-state index contributed by atoms with van der Waals surface area (Å²) in [4.78, 5) is 22.9. The molecule has 23 heavy (non-hydrogen) atoms. The molecule has 1 saturated carbocycles. The van der Waals surface area contributed by atoms with E-state index in [2.05, 4.69) is 5.32 Å². The molecule has 1 aromatic rings. The van der Waals surface area contributed by atoms with E-state index >= 15 is 0 Å². The Balaban J connectivity index is 2.23. The molecular weight excluding hydrogens is 319 g/mol. The van der Waals surface area contributed by atoms with Gasteiger partial charge in [0.1, 0.15) is 5.56 Å². The molecule has 0 aliphatic heterocycles. The van der Waals surface area contributed by atoms with E-state index in [-0.39, 0.29) is 24.9 Å². The van der Waals surface area contributed by atoms with Crippen molar-refractivity contribution in [3.8, 4) is 0 Å². The van der Waals surface area contributed by atoms with Crippen LogP contribution in [-0.4, -0.2) is 40.2 Å². The third-order valence-corrected chi connectivity index (χ3v) is 3.34. The van der Waals surface area contributed by atoms with Gasteiger partial charge in [0.15, 0.2) is 0 Å². The molecule has 0 saturated heterocycles. The maximum atomic E-state index is 12.9. The summed E-state index contributed by atoms with van der Waals surface area (Å²) in [5.74, 6) is 0. The minimum absolute atomic E-state index is 0.0396. The number of hydrogen-bond acceptors (Lipinski definition) is 4. The van der Waals surface area contributed by atoms with E-state index in [9.17, 15) is 28.1 Å². The van der Waals surface area contributed by atoms with E-state index in [1.54, 1.807) is 0 Å². The quantitative estimate of drug-likeness (QED) is 0.639. The lowest BCUT2D eigenvalue weighted by Gasteiger charge is -2.22. The molecule has 7 nitrogen and oxygen atoms in total. The number of rotatable bonds is 5. The number of alkyl halides is 3. The Kier molecular flexibility index (Phi) is 4.73. The molecule has 1 fully saturated rings. The van der Waals surface area contributed by atoms with Gasteiger partial charge in [-0.05, 0) is 25.0 Å². The van der Waals surface area contributed by atoms with Crippen molar-refractivity contribution in [2.45, 2.75) is 25.1 Å². The van der Waals surface area contributed by atoms with E-state index in [0.717, 1.165) is 18.9 Å². The molecule has 126 valence electrons. The lowest BCUT2D eigenvalue weighted by molar-refractivity contribution is -0.388. The van der Waals surface area contributed by atoms with Crippen molar-refractivity contribution in [3.63, 3.8) is 0 Å². The molecule has 2 N–H and O–H groups in total. The monoisotopic (exact) mass is 333 g/mol. The molecule has 0 spiro atoms. The largest absolute Gasteiger partial charge is 0.423 e. The van der Waals surface area contributed by atoms with Crippen molar-refractivity contribution in [2.24, 2.45) is 0 Å². The number of hydrogen-bond donors (Lipinski definition) is 2. The minimum atomic E-state index is -4.91. The SMILES string of the molecule is O=C(Nc1ccc([N+](=O)[O-])c(C(F)(F)F)c1)N(CCO)C1CC1. The average molecular weight is 333 g/mol. The second kappa shape index (κ2) is 6.41. The third kappa shape index (κ3) is 4.09. The highest BCUT2D eigenvalue weighted by Gasteiger charge is 2.39. The summed E-state index contributed by atoms with van der Waals surface area (Å²) in [5.41, 5.74) is -2.71. The van der Waals surface area contributed by atoms with E-state index in [1.165, 1.54) is 4.90 Å². The van der Waals surface area contributed by atoms with E-state index in [4.69, 9.17) is 5.11 Å². The zero-order chi connectivity index (χ0) is 17.2. The summed E-state index contributed by atoms with van der Waals surface area (Å²) in [6.07, 6.45) is -3.38. The number of carbonyl (C=O) groups excluding carboxylic acids is 1. The number of amides is 2. The van der Waals surface area contributed by atoms with Crippen LogP contribution >= 0.6 is 0 Å². The van der Waals surface area contributed by atoms with Crippen molar-refractivity contribution in [1.82, 2.24) is 4.90 Å². The summed E-state index contributed by atoms with van der Waals surface area (Å²) in [6.45, 7) is -0.201. The number of nitro groups is 1. The Morgan fingerprint density at radius 1 is 1.43 bits per heavy atom. The van der Waals surface area contributed by atoms with Crippen molar-refractivity contribution < 1.29 is 28.0 Å². The van der Waals surface area contributed by atoms with Gasteiger partial charge in [0.2, 0.25) is 0 Å². The average Bonchev–Trinajstić information content (AvgIpc) is 3.27. The summed E-state index contributed by atoms with van der Waals surface area (Å²) in [5, 5.41) is 21.9. The van der Waals surface area contributed by atoms with E-state index in [0.29, 0.717) is 12.1 Å². The van der Waals surface area contributed by atoms with Gasteiger partial charge in [-0.25, -0.2) is 4.79 Å². The summed E-state index contributed by atoms with van der Waals surface area (Å²) in [6, 6.07) is 1.58. The van der Waals surface area contributed by atoms with Gasteiger partial charge >= 0.3 is 12.2 Å². The van der Waals surface area contributed by atoms with Crippen molar-refractivity contribution in [3.05, 3.63) is 33.9 Å². The number of halogens is 3. The highest BCUT2D eigenvalue weighted by atomic mass is 19.4. The topological polar surface area (TPSA) is 95.7 Å². The number of nitrogens with one attached hydrogen (secondary N) is 1. The van der Waals surface area contributed by atoms with Gasteiger partial charge in [-0.1, -0.05) is 0 Å². The molecule has 0 unspecified atom stereocenters. The van der Waals surface area contributed by atoms with E-state index < -0.39 is 28.4 Å². The number of urea groups is 1. The first-order valence-corrected chi connectivity index (χ1v) is 6.78.